The lowest BCUT2D eigenvalue weighted by Gasteiger charge is -2.37. The van der Waals surface area contributed by atoms with Gasteiger partial charge in [0.1, 0.15) is 0 Å². The monoisotopic (exact) mass is 365 g/mol. The number of nitrogens with one attached hydrogen (secondary N) is 1. The van der Waals surface area contributed by atoms with Crippen molar-refractivity contribution in [3.63, 3.8) is 0 Å². The maximum atomic E-state index is 13.7. The molecule has 1 N–H and O–H groups in total. The Morgan fingerprint density at radius 1 is 1.08 bits per heavy atom. The molecule has 6 nitrogen and oxygen atoms in total. The number of hydrogen-bond donors (Lipinski definition) is 1. The number of amides is 1. The molecule has 0 bridgehead atoms. The fraction of sp³-hybridized carbons (Fsp3) is 0.353. The summed E-state index contributed by atoms with van der Waals surface area (Å²) in [5.41, 5.74) is -0.378. The first-order chi connectivity index (χ1) is 12.5. The van der Waals surface area contributed by atoms with Gasteiger partial charge in [-0.25, -0.2) is 23.1 Å². The van der Waals surface area contributed by atoms with E-state index in [1.165, 1.54) is 0 Å². The van der Waals surface area contributed by atoms with E-state index in [2.05, 4.69) is 15.3 Å². The van der Waals surface area contributed by atoms with Crippen molar-refractivity contribution in [1.29, 1.82) is 0 Å². The first-order valence-corrected chi connectivity index (χ1v) is 8.17. The minimum Gasteiger partial charge on any atom is -0.338 e. The van der Waals surface area contributed by atoms with Gasteiger partial charge in [-0.05, 0) is 25.1 Å². The second kappa shape index (κ2) is 7.69. The fourth-order valence-electron chi connectivity index (χ4n) is 2.79. The second-order valence-corrected chi connectivity index (χ2v) is 5.96. The zero-order chi connectivity index (χ0) is 18.7. The van der Waals surface area contributed by atoms with Crippen LogP contribution in [-0.2, 0) is 4.79 Å². The van der Waals surface area contributed by atoms with Gasteiger partial charge >= 0.3 is 0 Å². The molecule has 2 heterocycles. The normalized spacial score (nSPS) is 16.4. The molecule has 2 aromatic rings. The van der Waals surface area contributed by atoms with Crippen molar-refractivity contribution in [1.82, 2.24) is 14.9 Å². The molecule has 0 unspecified atom stereocenters. The molecule has 1 saturated heterocycles. The molecule has 1 fully saturated rings. The van der Waals surface area contributed by atoms with Crippen molar-refractivity contribution in [2.75, 3.05) is 36.4 Å². The number of rotatable bonds is 4. The number of piperazine rings is 1. The number of halogens is 3. The summed E-state index contributed by atoms with van der Waals surface area (Å²) in [6.07, 6.45) is 3.34. The van der Waals surface area contributed by atoms with Crippen LogP contribution in [0.4, 0.5) is 24.8 Å². The highest BCUT2D eigenvalue weighted by Crippen LogP contribution is 2.20. The van der Waals surface area contributed by atoms with E-state index < -0.39 is 29.4 Å². The quantitative estimate of drug-likeness (QED) is 0.841. The minimum atomic E-state index is -1.60. The molecule has 1 aromatic heterocycles. The Kier molecular flexibility index (Phi) is 5.36. The van der Waals surface area contributed by atoms with E-state index in [9.17, 15) is 18.0 Å². The summed E-state index contributed by atoms with van der Waals surface area (Å²) in [6.45, 7) is 4.14. The molecule has 26 heavy (non-hydrogen) atoms. The average molecular weight is 365 g/mol. The third-order valence-electron chi connectivity index (χ3n) is 4.37. The number of anilines is 2. The molecule has 0 radical (unpaired) electrons. The van der Waals surface area contributed by atoms with Crippen LogP contribution in [0.2, 0.25) is 0 Å². The van der Waals surface area contributed by atoms with Crippen molar-refractivity contribution in [3.8, 4) is 0 Å². The van der Waals surface area contributed by atoms with Gasteiger partial charge in [0.2, 0.25) is 11.9 Å². The topological polar surface area (TPSA) is 61.4 Å². The third-order valence-corrected chi connectivity index (χ3v) is 4.37. The Hall–Kier alpha value is -2.68. The highest BCUT2D eigenvalue weighted by molar-refractivity contribution is 5.94. The lowest BCUT2D eigenvalue weighted by Crippen LogP contribution is -2.53. The van der Waals surface area contributed by atoms with Crippen LogP contribution >= 0.6 is 0 Å². The summed E-state index contributed by atoms with van der Waals surface area (Å²) in [7, 11) is 0. The van der Waals surface area contributed by atoms with E-state index >= 15 is 0 Å². The number of carbonyl (C=O) groups excluding carboxylic acids is 1. The van der Waals surface area contributed by atoms with Gasteiger partial charge in [0.25, 0.3) is 0 Å². The Morgan fingerprint density at radius 2 is 1.73 bits per heavy atom. The van der Waals surface area contributed by atoms with Crippen LogP contribution in [0.1, 0.15) is 6.92 Å². The molecule has 1 amide bonds. The zero-order valence-electron chi connectivity index (χ0n) is 14.1. The van der Waals surface area contributed by atoms with Gasteiger partial charge < -0.3 is 10.2 Å². The van der Waals surface area contributed by atoms with Gasteiger partial charge in [-0.15, -0.1) is 0 Å². The van der Waals surface area contributed by atoms with E-state index in [4.69, 9.17) is 0 Å². The van der Waals surface area contributed by atoms with Crippen molar-refractivity contribution in [3.05, 3.63) is 48.0 Å². The van der Waals surface area contributed by atoms with Crippen LogP contribution in [0.3, 0.4) is 0 Å². The van der Waals surface area contributed by atoms with Gasteiger partial charge in [0.15, 0.2) is 17.5 Å². The molecule has 3 rings (SSSR count). The minimum absolute atomic E-state index is 0.378. The van der Waals surface area contributed by atoms with Gasteiger partial charge in [-0.2, -0.15) is 0 Å². The van der Waals surface area contributed by atoms with Crippen molar-refractivity contribution >= 4 is 17.5 Å². The molecular weight excluding hydrogens is 347 g/mol. The third kappa shape index (κ3) is 3.77. The van der Waals surface area contributed by atoms with E-state index in [1.54, 1.807) is 25.4 Å². The van der Waals surface area contributed by atoms with Crippen LogP contribution in [0.25, 0.3) is 0 Å². The van der Waals surface area contributed by atoms with Gasteiger partial charge in [-0.3, -0.25) is 9.69 Å². The fourth-order valence-corrected chi connectivity index (χ4v) is 2.79. The van der Waals surface area contributed by atoms with E-state index in [1.807, 2.05) is 9.80 Å². The molecule has 0 saturated carbocycles. The molecular formula is C17H18F3N5O. The summed E-state index contributed by atoms with van der Waals surface area (Å²) in [5.74, 6) is -4.16. The summed E-state index contributed by atoms with van der Waals surface area (Å²) in [6, 6.07) is 2.96. The van der Waals surface area contributed by atoms with Crippen molar-refractivity contribution in [2.45, 2.75) is 13.0 Å². The van der Waals surface area contributed by atoms with Crippen LogP contribution < -0.4 is 10.2 Å². The lowest BCUT2D eigenvalue weighted by molar-refractivity contribution is -0.120. The van der Waals surface area contributed by atoms with Gasteiger partial charge in [0, 0.05) is 38.6 Å². The second-order valence-electron chi connectivity index (χ2n) is 5.96. The Morgan fingerprint density at radius 3 is 2.38 bits per heavy atom. The van der Waals surface area contributed by atoms with Crippen molar-refractivity contribution < 1.29 is 18.0 Å². The molecule has 0 aliphatic carbocycles. The smallest absolute Gasteiger partial charge is 0.241 e. The SMILES string of the molecule is C[C@H](C(=O)Nc1ccc(F)c(F)c1F)N1CCN(c2ncccn2)CC1. The molecule has 0 spiro atoms. The Labute approximate surface area is 148 Å². The Balaban J connectivity index is 1.59. The highest BCUT2D eigenvalue weighted by atomic mass is 19.2. The molecule has 138 valence electrons. The first kappa shape index (κ1) is 18.1. The molecule has 1 atom stereocenters. The standard InChI is InChI=1S/C17H18F3N5O/c1-11(16(26)23-13-4-3-12(18)14(19)15(13)20)24-7-9-25(10-8-24)17-21-5-2-6-22-17/h2-6,11H,7-10H2,1H3,(H,23,26)/t11-/m1/s1. The van der Waals surface area contributed by atoms with Crippen LogP contribution in [0, 0.1) is 17.5 Å². The van der Waals surface area contributed by atoms with E-state index in [0.29, 0.717) is 32.1 Å². The Bertz CT molecular complexity index is 781. The summed E-state index contributed by atoms with van der Waals surface area (Å²) in [5, 5.41) is 2.32. The number of carbonyl (C=O) groups is 1. The maximum Gasteiger partial charge on any atom is 0.241 e. The summed E-state index contributed by atoms with van der Waals surface area (Å²) >= 11 is 0. The number of nitrogens with zero attached hydrogens (tertiary/aromatic N) is 4. The zero-order valence-corrected chi connectivity index (χ0v) is 14.1. The number of benzene rings is 1. The van der Waals surface area contributed by atoms with Crippen LogP contribution in [-0.4, -0.2) is 53.0 Å². The predicted molar refractivity (Wildman–Crippen MR) is 90.2 cm³/mol. The maximum absolute atomic E-state index is 13.7. The van der Waals surface area contributed by atoms with Crippen LogP contribution in [0.5, 0.6) is 0 Å². The first-order valence-electron chi connectivity index (χ1n) is 8.17. The highest BCUT2D eigenvalue weighted by Gasteiger charge is 2.27. The molecule has 9 heteroatoms. The van der Waals surface area contributed by atoms with E-state index in [-0.39, 0.29) is 5.69 Å². The predicted octanol–water partition coefficient (Wildman–Crippen LogP) is 2.04. The van der Waals surface area contributed by atoms with Crippen molar-refractivity contribution in [2.24, 2.45) is 0 Å². The number of hydrogen-bond acceptors (Lipinski definition) is 5. The van der Waals surface area contributed by atoms with Gasteiger partial charge in [-0.1, -0.05) is 0 Å². The lowest BCUT2D eigenvalue weighted by atomic mass is 10.2. The summed E-state index contributed by atoms with van der Waals surface area (Å²) < 4.78 is 39.9. The summed E-state index contributed by atoms with van der Waals surface area (Å²) in [4.78, 5) is 24.7. The number of aromatic nitrogens is 2. The van der Waals surface area contributed by atoms with E-state index in [0.717, 1.165) is 12.1 Å². The van der Waals surface area contributed by atoms with Gasteiger partial charge in [0.05, 0.1) is 11.7 Å². The average Bonchev–Trinajstić information content (AvgIpc) is 2.68. The van der Waals surface area contributed by atoms with Crippen LogP contribution in [0.15, 0.2) is 30.6 Å². The molecule has 1 aliphatic heterocycles. The largest absolute Gasteiger partial charge is 0.338 e. The molecule has 1 aromatic carbocycles. The molecule has 1 aliphatic rings.